The summed E-state index contributed by atoms with van der Waals surface area (Å²) in [7, 11) is -2.18. The van der Waals surface area contributed by atoms with Crippen LogP contribution in [0.5, 0.6) is 17.2 Å². The molecular weight excluding hydrogens is 456 g/mol. The fourth-order valence-corrected chi connectivity index (χ4v) is 5.50. The average Bonchev–Trinajstić information content (AvgIpc) is 2.81. The van der Waals surface area contributed by atoms with Crippen LogP contribution < -0.4 is 19.5 Å². The van der Waals surface area contributed by atoms with E-state index >= 15 is 0 Å². The lowest BCUT2D eigenvalue weighted by Gasteiger charge is -2.31. The van der Waals surface area contributed by atoms with Crippen molar-refractivity contribution in [2.75, 3.05) is 38.7 Å². The van der Waals surface area contributed by atoms with E-state index in [9.17, 15) is 13.2 Å². The Morgan fingerprint density at radius 2 is 1.81 bits per heavy atom. The number of sulfonamides is 1. The predicted molar refractivity (Wildman–Crippen MR) is 120 cm³/mol. The summed E-state index contributed by atoms with van der Waals surface area (Å²) in [6, 6.07) is 8.06. The molecule has 8 nitrogen and oxygen atoms in total. The SMILES string of the molecule is COc1cc(Cl)c(C)cc1NC(=O)C1CCN(S(=O)(=O)c2ccc3c(c2)OCCO3)CC1. The van der Waals surface area contributed by atoms with Gasteiger partial charge in [0.1, 0.15) is 19.0 Å². The molecule has 4 rings (SSSR count). The summed E-state index contributed by atoms with van der Waals surface area (Å²) in [6.45, 7) is 3.18. The molecular formula is C22H25ClN2O6S. The minimum absolute atomic E-state index is 0.158. The number of halogens is 1. The van der Waals surface area contributed by atoms with Gasteiger partial charge in [-0.25, -0.2) is 8.42 Å². The number of nitrogens with zero attached hydrogens (tertiary/aromatic N) is 1. The Morgan fingerprint density at radius 1 is 1.12 bits per heavy atom. The molecule has 1 N–H and O–H groups in total. The van der Waals surface area contributed by atoms with Crippen LogP contribution in [0.15, 0.2) is 35.2 Å². The minimum Gasteiger partial charge on any atom is -0.495 e. The van der Waals surface area contributed by atoms with Crippen LogP contribution in [0.25, 0.3) is 0 Å². The molecule has 0 bridgehead atoms. The van der Waals surface area contributed by atoms with Gasteiger partial charge in [-0.3, -0.25) is 4.79 Å². The van der Waals surface area contributed by atoms with Gasteiger partial charge in [-0.2, -0.15) is 4.31 Å². The molecule has 2 aromatic carbocycles. The molecule has 0 aromatic heterocycles. The highest BCUT2D eigenvalue weighted by atomic mass is 35.5. The summed E-state index contributed by atoms with van der Waals surface area (Å²) < 4.78 is 43.9. The standard InChI is InChI=1S/C22H25ClN2O6S/c1-14-11-18(20(29-2)13-17(14)23)24-22(26)15-5-7-25(8-6-15)32(27,28)16-3-4-19-21(12-16)31-10-9-30-19/h3-4,11-13,15H,5-10H2,1-2H3,(H,24,26). The van der Waals surface area contributed by atoms with E-state index in [1.54, 1.807) is 18.2 Å². The first-order valence-corrected chi connectivity index (χ1v) is 12.2. The van der Waals surface area contributed by atoms with Gasteiger partial charge in [0, 0.05) is 36.2 Å². The van der Waals surface area contributed by atoms with Crippen molar-refractivity contribution >= 4 is 33.2 Å². The second-order valence-electron chi connectivity index (χ2n) is 7.77. The van der Waals surface area contributed by atoms with Gasteiger partial charge in [0.25, 0.3) is 0 Å². The number of anilines is 1. The van der Waals surface area contributed by atoms with Gasteiger partial charge >= 0.3 is 0 Å². The zero-order valence-electron chi connectivity index (χ0n) is 17.9. The first-order chi connectivity index (χ1) is 15.3. The van der Waals surface area contributed by atoms with Crippen molar-refractivity contribution in [2.45, 2.75) is 24.7 Å². The van der Waals surface area contributed by atoms with E-state index in [1.165, 1.54) is 23.5 Å². The number of carbonyl (C=O) groups is 1. The highest BCUT2D eigenvalue weighted by Gasteiger charge is 2.33. The second-order valence-corrected chi connectivity index (χ2v) is 10.1. The molecule has 0 aliphatic carbocycles. The van der Waals surface area contributed by atoms with Crippen LogP contribution in [0.3, 0.4) is 0 Å². The Bertz CT molecular complexity index is 1130. The molecule has 0 radical (unpaired) electrons. The van der Waals surface area contributed by atoms with Crippen molar-refractivity contribution in [2.24, 2.45) is 5.92 Å². The molecule has 32 heavy (non-hydrogen) atoms. The van der Waals surface area contributed by atoms with E-state index in [2.05, 4.69) is 5.32 Å². The van der Waals surface area contributed by atoms with Gasteiger partial charge in [-0.1, -0.05) is 11.6 Å². The summed E-state index contributed by atoms with van der Waals surface area (Å²) >= 11 is 6.13. The highest BCUT2D eigenvalue weighted by Crippen LogP contribution is 2.35. The number of hydrogen-bond donors (Lipinski definition) is 1. The average molecular weight is 481 g/mol. The van der Waals surface area contributed by atoms with Crippen molar-refractivity contribution in [3.63, 3.8) is 0 Å². The number of methoxy groups -OCH3 is 1. The third kappa shape index (κ3) is 4.51. The first kappa shape index (κ1) is 22.7. The normalized spacial score (nSPS) is 17.1. The third-order valence-electron chi connectivity index (χ3n) is 5.71. The number of ether oxygens (including phenoxy) is 3. The van der Waals surface area contributed by atoms with Crippen molar-refractivity contribution in [3.8, 4) is 17.2 Å². The maximum Gasteiger partial charge on any atom is 0.243 e. The van der Waals surface area contributed by atoms with Crippen molar-refractivity contribution in [3.05, 3.63) is 40.9 Å². The van der Waals surface area contributed by atoms with Gasteiger partial charge in [0.15, 0.2) is 11.5 Å². The van der Waals surface area contributed by atoms with Crippen molar-refractivity contribution in [1.82, 2.24) is 4.31 Å². The molecule has 2 aromatic rings. The van der Waals surface area contributed by atoms with Crippen molar-refractivity contribution in [1.29, 1.82) is 0 Å². The highest BCUT2D eigenvalue weighted by molar-refractivity contribution is 7.89. The number of fused-ring (bicyclic) bond motifs is 1. The van der Waals surface area contributed by atoms with Crippen molar-refractivity contribution < 1.29 is 27.4 Å². The Labute approximate surface area is 192 Å². The maximum absolute atomic E-state index is 13.1. The monoisotopic (exact) mass is 480 g/mol. The van der Waals surface area contributed by atoms with Gasteiger partial charge in [0.2, 0.25) is 15.9 Å². The smallest absolute Gasteiger partial charge is 0.243 e. The third-order valence-corrected chi connectivity index (χ3v) is 8.02. The number of benzene rings is 2. The summed E-state index contributed by atoms with van der Waals surface area (Å²) in [5.74, 6) is 0.980. The summed E-state index contributed by atoms with van der Waals surface area (Å²) in [6.07, 6.45) is 0.842. The van der Waals surface area contributed by atoms with Crippen LogP contribution in [0.1, 0.15) is 18.4 Å². The molecule has 1 amide bonds. The lowest BCUT2D eigenvalue weighted by atomic mass is 9.97. The minimum atomic E-state index is -3.69. The molecule has 2 aliphatic heterocycles. The van der Waals surface area contributed by atoms with Crippen LogP contribution in [0.2, 0.25) is 5.02 Å². The van der Waals surface area contributed by atoms with Gasteiger partial charge in [0.05, 0.1) is 17.7 Å². The molecule has 0 atom stereocenters. The van der Waals surface area contributed by atoms with Crippen LogP contribution >= 0.6 is 11.6 Å². The lowest BCUT2D eigenvalue weighted by molar-refractivity contribution is -0.120. The number of nitrogens with one attached hydrogen (secondary N) is 1. The van der Waals surface area contributed by atoms with Gasteiger partial charge < -0.3 is 19.5 Å². The van der Waals surface area contributed by atoms with E-state index in [1.807, 2.05) is 6.92 Å². The quantitative estimate of drug-likeness (QED) is 0.704. The Morgan fingerprint density at radius 3 is 2.50 bits per heavy atom. The Hall–Kier alpha value is -2.49. The molecule has 0 unspecified atom stereocenters. The summed E-state index contributed by atoms with van der Waals surface area (Å²) in [5.41, 5.74) is 1.37. The summed E-state index contributed by atoms with van der Waals surface area (Å²) in [4.78, 5) is 13.0. The molecule has 0 saturated carbocycles. The fourth-order valence-electron chi connectivity index (χ4n) is 3.86. The first-order valence-electron chi connectivity index (χ1n) is 10.3. The van der Waals surface area contributed by atoms with Gasteiger partial charge in [-0.05, 0) is 43.5 Å². The topological polar surface area (TPSA) is 94.2 Å². The van der Waals surface area contributed by atoms with Crippen LogP contribution in [0, 0.1) is 12.8 Å². The number of carbonyl (C=O) groups excluding carboxylic acids is 1. The Kier molecular flexibility index (Phi) is 6.50. The van der Waals surface area contributed by atoms with E-state index in [4.69, 9.17) is 25.8 Å². The molecule has 1 saturated heterocycles. The number of aryl methyl sites for hydroxylation is 1. The van der Waals surface area contributed by atoms with E-state index in [-0.39, 0.29) is 29.8 Å². The predicted octanol–water partition coefficient (Wildman–Crippen LogP) is 3.47. The zero-order chi connectivity index (χ0) is 22.9. The molecule has 0 spiro atoms. The zero-order valence-corrected chi connectivity index (χ0v) is 19.5. The van der Waals surface area contributed by atoms with E-state index < -0.39 is 10.0 Å². The van der Waals surface area contributed by atoms with Crippen LogP contribution in [-0.4, -0.2) is 52.0 Å². The van der Waals surface area contributed by atoms with Crippen LogP contribution in [0.4, 0.5) is 5.69 Å². The van der Waals surface area contributed by atoms with E-state index in [0.29, 0.717) is 54.0 Å². The number of rotatable bonds is 5. The summed E-state index contributed by atoms with van der Waals surface area (Å²) in [5, 5.41) is 3.45. The lowest BCUT2D eigenvalue weighted by Crippen LogP contribution is -2.41. The number of hydrogen-bond acceptors (Lipinski definition) is 6. The van der Waals surface area contributed by atoms with Crippen LogP contribution in [-0.2, 0) is 14.8 Å². The van der Waals surface area contributed by atoms with E-state index in [0.717, 1.165) is 5.56 Å². The fraction of sp³-hybridized carbons (Fsp3) is 0.409. The maximum atomic E-state index is 13.1. The molecule has 2 heterocycles. The molecule has 2 aliphatic rings. The molecule has 10 heteroatoms. The van der Waals surface area contributed by atoms with Gasteiger partial charge in [-0.15, -0.1) is 0 Å². The Balaban J connectivity index is 1.42. The number of piperidine rings is 1. The molecule has 172 valence electrons. The largest absolute Gasteiger partial charge is 0.495 e. The second kappa shape index (κ2) is 9.17. The molecule has 1 fully saturated rings. The number of amides is 1.